The average Bonchev–Trinajstić information content (AvgIpc) is 3.01. The van der Waals surface area contributed by atoms with Gasteiger partial charge in [-0.05, 0) is 31.7 Å². The molecule has 2 aliphatic heterocycles. The molecule has 1 aromatic carbocycles. The van der Waals surface area contributed by atoms with Crippen molar-refractivity contribution in [1.82, 2.24) is 20.0 Å². The molecular formula is C25H40N4O2. The molecule has 1 atom stereocenters. The summed E-state index contributed by atoms with van der Waals surface area (Å²) >= 11 is 0. The Hall–Kier alpha value is -1.63. The van der Waals surface area contributed by atoms with E-state index < -0.39 is 0 Å². The molecule has 2 saturated heterocycles. The van der Waals surface area contributed by atoms with Gasteiger partial charge in [-0.1, -0.05) is 49.6 Å². The molecule has 172 valence electrons. The number of rotatable bonds is 5. The van der Waals surface area contributed by atoms with Gasteiger partial charge in [0.25, 0.3) is 0 Å². The first-order chi connectivity index (χ1) is 15.2. The smallest absolute Gasteiger partial charge is 0.317 e. The van der Waals surface area contributed by atoms with Crippen LogP contribution >= 0.6 is 0 Å². The van der Waals surface area contributed by atoms with Crippen LogP contribution in [-0.4, -0.2) is 84.8 Å². The molecule has 4 rings (SSSR count). The highest BCUT2D eigenvalue weighted by Crippen LogP contribution is 2.34. The summed E-state index contributed by atoms with van der Waals surface area (Å²) in [5.74, 6) is 0. The lowest BCUT2D eigenvalue weighted by atomic mass is 9.80. The Morgan fingerprint density at radius 3 is 2.52 bits per heavy atom. The zero-order valence-corrected chi connectivity index (χ0v) is 19.2. The third-order valence-corrected chi connectivity index (χ3v) is 7.65. The number of urea groups is 1. The average molecular weight is 429 g/mol. The number of nitrogens with one attached hydrogen (secondary N) is 1. The minimum atomic E-state index is 0.118. The molecular weight excluding hydrogens is 388 g/mol. The molecule has 3 fully saturated rings. The van der Waals surface area contributed by atoms with Gasteiger partial charge < -0.3 is 15.0 Å². The van der Waals surface area contributed by atoms with Crippen LogP contribution in [0.3, 0.4) is 0 Å². The second-order valence-corrected chi connectivity index (χ2v) is 9.62. The summed E-state index contributed by atoms with van der Waals surface area (Å²) in [5, 5.41) is 3.35. The normalized spacial score (nSPS) is 25.7. The highest BCUT2D eigenvalue weighted by Gasteiger charge is 2.39. The van der Waals surface area contributed by atoms with E-state index in [0.717, 1.165) is 65.4 Å². The van der Waals surface area contributed by atoms with Crippen molar-refractivity contribution < 1.29 is 9.53 Å². The van der Waals surface area contributed by atoms with Crippen LogP contribution in [0.1, 0.15) is 51.0 Å². The molecule has 2 amide bonds. The Morgan fingerprint density at radius 1 is 1.03 bits per heavy atom. The number of hydrogen-bond acceptors (Lipinski definition) is 4. The largest absolute Gasteiger partial charge is 0.379 e. The van der Waals surface area contributed by atoms with E-state index in [1.165, 1.54) is 37.7 Å². The van der Waals surface area contributed by atoms with Gasteiger partial charge in [-0.25, -0.2) is 4.79 Å². The molecule has 1 aliphatic carbocycles. The molecule has 31 heavy (non-hydrogen) atoms. The van der Waals surface area contributed by atoms with Crippen LogP contribution in [0.15, 0.2) is 30.3 Å². The molecule has 1 N–H and O–H groups in total. The van der Waals surface area contributed by atoms with Gasteiger partial charge in [-0.15, -0.1) is 0 Å². The molecule has 3 aliphatic rings. The van der Waals surface area contributed by atoms with Gasteiger partial charge >= 0.3 is 6.03 Å². The molecule has 0 radical (unpaired) electrons. The first kappa shape index (κ1) is 22.6. The molecule has 2 heterocycles. The van der Waals surface area contributed by atoms with Gasteiger partial charge in [0.1, 0.15) is 0 Å². The molecule has 6 nitrogen and oxygen atoms in total. The van der Waals surface area contributed by atoms with Crippen molar-refractivity contribution in [3.63, 3.8) is 0 Å². The van der Waals surface area contributed by atoms with Crippen molar-refractivity contribution >= 4 is 6.03 Å². The maximum atomic E-state index is 13.1. The molecule has 0 aromatic heterocycles. The van der Waals surface area contributed by atoms with Crippen molar-refractivity contribution in [3.8, 4) is 0 Å². The SMILES string of the molecule is CC1CCN(C(=O)NCC2(N3CCOCC3)CCCCC2)CCN1Cc1ccccc1. The lowest BCUT2D eigenvalue weighted by molar-refractivity contribution is -0.0360. The maximum absolute atomic E-state index is 13.1. The number of carbonyl (C=O) groups excluding carboxylic acids is 1. The van der Waals surface area contributed by atoms with Crippen molar-refractivity contribution in [2.45, 2.75) is 63.6 Å². The van der Waals surface area contributed by atoms with Crippen LogP contribution in [-0.2, 0) is 11.3 Å². The van der Waals surface area contributed by atoms with Crippen LogP contribution in [0.2, 0.25) is 0 Å². The third kappa shape index (κ3) is 5.79. The lowest BCUT2D eigenvalue weighted by Gasteiger charge is -2.48. The minimum absolute atomic E-state index is 0.118. The number of nitrogens with zero attached hydrogens (tertiary/aromatic N) is 3. The van der Waals surface area contributed by atoms with E-state index in [-0.39, 0.29) is 11.6 Å². The van der Waals surface area contributed by atoms with E-state index in [1.54, 1.807) is 0 Å². The van der Waals surface area contributed by atoms with Gasteiger partial charge in [-0.2, -0.15) is 0 Å². The fourth-order valence-corrected chi connectivity index (χ4v) is 5.57. The number of benzene rings is 1. The Balaban J connectivity index is 1.32. The topological polar surface area (TPSA) is 48.1 Å². The molecule has 1 unspecified atom stereocenters. The van der Waals surface area contributed by atoms with E-state index in [1.807, 2.05) is 4.90 Å². The number of amides is 2. The van der Waals surface area contributed by atoms with Crippen LogP contribution in [0.25, 0.3) is 0 Å². The third-order valence-electron chi connectivity index (χ3n) is 7.65. The Labute approximate surface area is 187 Å². The first-order valence-corrected chi connectivity index (χ1v) is 12.3. The predicted molar refractivity (Wildman–Crippen MR) is 124 cm³/mol. The van der Waals surface area contributed by atoms with Gasteiger partial charge in [0.2, 0.25) is 0 Å². The summed E-state index contributed by atoms with van der Waals surface area (Å²) in [6.07, 6.45) is 7.26. The monoisotopic (exact) mass is 428 g/mol. The second kappa shape index (κ2) is 10.8. The maximum Gasteiger partial charge on any atom is 0.317 e. The van der Waals surface area contributed by atoms with E-state index in [2.05, 4.69) is 52.4 Å². The number of ether oxygens (including phenoxy) is 1. The van der Waals surface area contributed by atoms with E-state index in [0.29, 0.717) is 6.04 Å². The fourth-order valence-electron chi connectivity index (χ4n) is 5.57. The quantitative estimate of drug-likeness (QED) is 0.782. The Morgan fingerprint density at radius 2 is 1.77 bits per heavy atom. The molecule has 0 spiro atoms. The summed E-state index contributed by atoms with van der Waals surface area (Å²) in [6, 6.07) is 11.3. The Kier molecular flexibility index (Phi) is 7.86. The summed E-state index contributed by atoms with van der Waals surface area (Å²) in [6.45, 7) is 10.2. The van der Waals surface area contributed by atoms with Gasteiger partial charge in [-0.3, -0.25) is 9.80 Å². The zero-order valence-electron chi connectivity index (χ0n) is 19.2. The molecule has 1 saturated carbocycles. The minimum Gasteiger partial charge on any atom is -0.379 e. The summed E-state index contributed by atoms with van der Waals surface area (Å²) < 4.78 is 5.59. The van der Waals surface area contributed by atoms with Crippen molar-refractivity contribution in [3.05, 3.63) is 35.9 Å². The molecule has 6 heteroatoms. The van der Waals surface area contributed by atoms with Gasteiger partial charge in [0.05, 0.1) is 13.2 Å². The standard InChI is InChI=1S/C25H40N4O2/c1-22-10-13-27(14-15-28(22)20-23-8-4-2-5-9-23)24(30)26-21-25(11-6-3-7-12-25)29-16-18-31-19-17-29/h2,4-5,8-9,22H,3,6-7,10-21H2,1H3,(H,26,30). The van der Waals surface area contributed by atoms with Crippen LogP contribution in [0.4, 0.5) is 4.79 Å². The highest BCUT2D eigenvalue weighted by molar-refractivity contribution is 5.74. The van der Waals surface area contributed by atoms with Crippen molar-refractivity contribution in [2.75, 3.05) is 52.5 Å². The molecule has 0 bridgehead atoms. The van der Waals surface area contributed by atoms with Crippen molar-refractivity contribution in [2.24, 2.45) is 0 Å². The second-order valence-electron chi connectivity index (χ2n) is 9.62. The van der Waals surface area contributed by atoms with Crippen LogP contribution in [0.5, 0.6) is 0 Å². The lowest BCUT2D eigenvalue weighted by Crippen LogP contribution is -2.60. The van der Waals surface area contributed by atoms with Gasteiger partial charge in [0.15, 0.2) is 0 Å². The summed E-state index contributed by atoms with van der Waals surface area (Å²) in [5.41, 5.74) is 1.47. The predicted octanol–water partition coefficient (Wildman–Crippen LogP) is 3.33. The fraction of sp³-hybridized carbons (Fsp3) is 0.720. The summed E-state index contributed by atoms with van der Waals surface area (Å²) in [4.78, 5) is 20.3. The van der Waals surface area contributed by atoms with Crippen LogP contribution < -0.4 is 5.32 Å². The number of carbonyl (C=O) groups is 1. The van der Waals surface area contributed by atoms with E-state index in [9.17, 15) is 4.79 Å². The number of morpholine rings is 1. The van der Waals surface area contributed by atoms with E-state index in [4.69, 9.17) is 4.74 Å². The highest BCUT2D eigenvalue weighted by atomic mass is 16.5. The zero-order chi connectivity index (χ0) is 21.5. The van der Waals surface area contributed by atoms with E-state index >= 15 is 0 Å². The molecule has 1 aromatic rings. The van der Waals surface area contributed by atoms with Gasteiger partial charge in [0, 0.05) is 57.4 Å². The number of hydrogen-bond donors (Lipinski definition) is 1. The first-order valence-electron chi connectivity index (χ1n) is 12.3. The van der Waals surface area contributed by atoms with Crippen LogP contribution in [0, 0.1) is 0 Å². The van der Waals surface area contributed by atoms with Crippen molar-refractivity contribution in [1.29, 1.82) is 0 Å². The summed E-state index contributed by atoms with van der Waals surface area (Å²) in [7, 11) is 0. The Bertz CT molecular complexity index is 686.